The number of para-hydroxylation sites is 1. The molecule has 0 saturated carbocycles. The molecule has 0 aliphatic carbocycles. The van der Waals surface area contributed by atoms with E-state index in [1.54, 1.807) is 12.1 Å². The number of ether oxygens (including phenoxy) is 1. The number of carbonyl (C=O) groups excluding carboxylic acids is 1. The smallest absolute Gasteiger partial charge is 0.339 e. The van der Waals surface area contributed by atoms with Crippen LogP contribution in [0.25, 0.3) is 0 Å². The second-order valence-electron chi connectivity index (χ2n) is 3.60. The maximum absolute atomic E-state index is 11.6. The summed E-state index contributed by atoms with van der Waals surface area (Å²) in [4.78, 5) is 21.8. The standard InChI is InChI=1S/C11H13NO6S/c1-18-11(15)8-4-2-3-5-9(8)12-19(16,17)7-6-10(13)14/h2-5,12H,6-7H2,1H3,(H,13,14). The number of methoxy groups -OCH3 is 1. The van der Waals surface area contributed by atoms with Crippen LogP contribution >= 0.6 is 0 Å². The number of carboxylic acids is 1. The first-order valence-corrected chi connectivity index (χ1v) is 6.90. The molecule has 7 nitrogen and oxygen atoms in total. The van der Waals surface area contributed by atoms with E-state index < -0.39 is 34.1 Å². The molecule has 8 heteroatoms. The summed E-state index contributed by atoms with van der Waals surface area (Å²) in [6.45, 7) is 0. The van der Waals surface area contributed by atoms with Crippen LogP contribution in [0.1, 0.15) is 16.8 Å². The Bertz CT molecular complexity index is 581. The van der Waals surface area contributed by atoms with Crippen molar-refractivity contribution in [3.63, 3.8) is 0 Å². The third-order valence-corrected chi connectivity index (χ3v) is 3.45. The summed E-state index contributed by atoms with van der Waals surface area (Å²) in [7, 11) is -2.65. The lowest BCUT2D eigenvalue weighted by atomic mass is 10.2. The first kappa shape index (κ1) is 15.0. The monoisotopic (exact) mass is 287 g/mol. The summed E-state index contributed by atoms with van der Waals surface area (Å²) >= 11 is 0. The fraction of sp³-hybridized carbons (Fsp3) is 0.273. The number of hydrogen-bond acceptors (Lipinski definition) is 5. The lowest BCUT2D eigenvalue weighted by molar-refractivity contribution is -0.136. The molecule has 0 radical (unpaired) electrons. The van der Waals surface area contributed by atoms with Crippen molar-refractivity contribution < 1.29 is 27.9 Å². The fourth-order valence-electron chi connectivity index (χ4n) is 1.30. The lowest BCUT2D eigenvalue weighted by Gasteiger charge is -2.10. The summed E-state index contributed by atoms with van der Waals surface area (Å²) in [5.74, 6) is -2.47. The Morgan fingerprint density at radius 1 is 1.32 bits per heavy atom. The SMILES string of the molecule is COC(=O)c1ccccc1NS(=O)(=O)CCC(=O)O. The van der Waals surface area contributed by atoms with E-state index in [9.17, 15) is 18.0 Å². The number of nitrogens with one attached hydrogen (secondary N) is 1. The first-order valence-electron chi connectivity index (χ1n) is 5.25. The molecule has 2 N–H and O–H groups in total. The Morgan fingerprint density at radius 3 is 2.53 bits per heavy atom. The molecule has 0 amide bonds. The normalized spacial score (nSPS) is 10.8. The largest absolute Gasteiger partial charge is 0.481 e. The van der Waals surface area contributed by atoms with Crippen LogP contribution < -0.4 is 4.72 Å². The fourth-order valence-corrected chi connectivity index (χ4v) is 2.36. The summed E-state index contributed by atoms with van der Waals surface area (Å²) < 4.78 is 30.0. The van der Waals surface area contributed by atoms with E-state index in [0.29, 0.717) is 0 Å². The van der Waals surface area contributed by atoms with Crippen LogP contribution in [0.3, 0.4) is 0 Å². The van der Waals surface area contributed by atoms with E-state index in [1.165, 1.54) is 19.2 Å². The van der Waals surface area contributed by atoms with Crippen LogP contribution in [0.4, 0.5) is 5.69 Å². The van der Waals surface area contributed by atoms with Gasteiger partial charge in [-0.1, -0.05) is 12.1 Å². The van der Waals surface area contributed by atoms with Gasteiger partial charge in [-0.25, -0.2) is 13.2 Å². The minimum absolute atomic E-state index is 0.0553. The Morgan fingerprint density at radius 2 is 1.95 bits per heavy atom. The van der Waals surface area contributed by atoms with Gasteiger partial charge in [-0.15, -0.1) is 0 Å². The van der Waals surface area contributed by atoms with Crippen molar-refractivity contribution in [2.24, 2.45) is 0 Å². The summed E-state index contributed by atoms with van der Waals surface area (Å²) in [5, 5.41) is 8.46. The maximum atomic E-state index is 11.6. The molecule has 0 unspecified atom stereocenters. The van der Waals surface area contributed by atoms with Crippen molar-refractivity contribution in [3.8, 4) is 0 Å². The van der Waals surface area contributed by atoms with Crippen LogP contribution in [0.5, 0.6) is 0 Å². The number of carbonyl (C=O) groups is 2. The van der Waals surface area contributed by atoms with Gasteiger partial charge in [-0.2, -0.15) is 0 Å². The van der Waals surface area contributed by atoms with E-state index in [2.05, 4.69) is 9.46 Å². The molecule has 0 aliphatic heterocycles. The van der Waals surface area contributed by atoms with Crippen molar-refractivity contribution >= 4 is 27.6 Å². The summed E-state index contributed by atoms with van der Waals surface area (Å²) in [5.41, 5.74) is 0.114. The van der Waals surface area contributed by atoms with Crippen molar-refractivity contribution in [2.45, 2.75) is 6.42 Å². The molecule has 0 fully saturated rings. The molecule has 1 aromatic rings. The average Bonchev–Trinajstić information content (AvgIpc) is 2.36. The molecule has 1 rings (SSSR count). The molecule has 1 aromatic carbocycles. The van der Waals surface area contributed by atoms with Gasteiger partial charge in [0.15, 0.2) is 0 Å². The topological polar surface area (TPSA) is 110 Å². The van der Waals surface area contributed by atoms with Crippen LogP contribution in [0.15, 0.2) is 24.3 Å². The molecule has 0 spiro atoms. The highest BCUT2D eigenvalue weighted by atomic mass is 32.2. The zero-order valence-corrected chi connectivity index (χ0v) is 10.9. The number of esters is 1. The second kappa shape index (κ2) is 6.19. The summed E-state index contributed by atoms with van der Waals surface area (Å²) in [6, 6.07) is 5.90. The molecule has 0 aliphatic rings. The van der Waals surface area contributed by atoms with Crippen molar-refractivity contribution in [1.29, 1.82) is 0 Å². The molecular weight excluding hydrogens is 274 g/mol. The number of rotatable bonds is 6. The third kappa shape index (κ3) is 4.59. The van der Waals surface area contributed by atoms with Gasteiger partial charge in [0, 0.05) is 0 Å². The van der Waals surface area contributed by atoms with E-state index >= 15 is 0 Å². The molecule has 0 saturated heterocycles. The highest BCUT2D eigenvalue weighted by Gasteiger charge is 2.17. The van der Waals surface area contributed by atoms with Gasteiger partial charge in [0.1, 0.15) is 0 Å². The van der Waals surface area contributed by atoms with Crippen LogP contribution in [-0.4, -0.2) is 38.3 Å². The van der Waals surface area contributed by atoms with E-state index in [-0.39, 0.29) is 11.3 Å². The van der Waals surface area contributed by atoms with Gasteiger partial charge < -0.3 is 9.84 Å². The highest BCUT2D eigenvalue weighted by molar-refractivity contribution is 7.92. The predicted molar refractivity (Wildman–Crippen MR) is 67.4 cm³/mol. The molecular formula is C11H13NO6S. The Kier molecular flexibility index (Phi) is 4.87. The lowest BCUT2D eigenvalue weighted by Crippen LogP contribution is -2.20. The van der Waals surface area contributed by atoms with E-state index in [0.717, 1.165) is 0 Å². The Hall–Kier alpha value is -2.09. The molecule has 0 atom stereocenters. The van der Waals surface area contributed by atoms with Gasteiger partial charge in [0.25, 0.3) is 0 Å². The number of aliphatic carboxylic acids is 1. The van der Waals surface area contributed by atoms with Crippen molar-refractivity contribution in [2.75, 3.05) is 17.6 Å². The quantitative estimate of drug-likeness (QED) is 0.745. The minimum atomic E-state index is -3.83. The van der Waals surface area contributed by atoms with Crippen LogP contribution in [0.2, 0.25) is 0 Å². The number of anilines is 1. The average molecular weight is 287 g/mol. The van der Waals surface area contributed by atoms with Gasteiger partial charge in [0.2, 0.25) is 10.0 Å². The van der Waals surface area contributed by atoms with Gasteiger partial charge in [0.05, 0.1) is 30.5 Å². The summed E-state index contributed by atoms with van der Waals surface area (Å²) in [6.07, 6.45) is -0.518. The Labute approximate surface area is 110 Å². The van der Waals surface area contributed by atoms with Gasteiger partial charge in [-0.3, -0.25) is 9.52 Å². The highest BCUT2D eigenvalue weighted by Crippen LogP contribution is 2.17. The second-order valence-corrected chi connectivity index (χ2v) is 5.44. The van der Waals surface area contributed by atoms with Crippen molar-refractivity contribution in [3.05, 3.63) is 29.8 Å². The van der Waals surface area contributed by atoms with Crippen LogP contribution in [-0.2, 0) is 19.6 Å². The Balaban J connectivity index is 2.93. The first-order chi connectivity index (χ1) is 8.85. The predicted octanol–water partition coefficient (Wildman–Crippen LogP) is 0.690. The van der Waals surface area contributed by atoms with Crippen LogP contribution in [0, 0.1) is 0 Å². The van der Waals surface area contributed by atoms with Gasteiger partial charge in [-0.05, 0) is 12.1 Å². The minimum Gasteiger partial charge on any atom is -0.481 e. The number of hydrogen-bond donors (Lipinski definition) is 2. The van der Waals surface area contributed by atoms with E-state index in [1.807, 2.05) is 0 Å². The zero-order valence-electron chi connectivity index (χ0n) is 10.1. The number of benzene rings is 1. The molecule has 0 bridgehead atoms. The number of carboxylic acid groups (broad SMARTS) is 1. The van der Waals surface area contributed by atoms with Gasteiger partial charge >= 0.3 is 11.9 Å². The molecule has 19 heavy (non-hydrogen) atoms. The molecule has 104 valence electrons. The molecule has 0 heterocycles. The zero-order chi connectivity index (χ0) is 14.5. The third-order valence-electron chi connectivity index (χ3n) is 2.18. The maximum Gasteiger partial charge on any atom is 0.339 e. The number of sulfonamides is 1. The molecule has 0 aromatic heterocycles. The van der Waals surface area contributed by atoms with E-state index in [4.69, 9.17) is 5.11 Å². The van der Waals surface area contributed by atoms with Crippen molar-refractivity contribution in [1.82, 2.24) is 0 Å².